The third kappa shape index (κ3) is 7.14. The monoisotopic (exact) mass is 256 g/mol. The fourth-order valence-electron chi connectivity index (χ4n) is 1.99. The van der Waals surface area contributed by atoms with Crippen molar-refractivity contribution in [1.29, 1.82) is 0 Å². The van der Waals surface area contributed by atoms with E-state index in [9.17, 15) is 0 Å². The molecule has 3 heteroatoms. The minimum Gasteiger partial charge on any atom is -0.383 e. The van der Waals surface area contributed by atoms with E-state index in [0.717, 1.165) is 19.7 Å². The van der Waals surface area contributed by atoms with Crippen LogP contribution in [0.5, 0.6) is 0 Å². The van der Waals surface area contributed by atoms with Crippen LogP contribution in [0.1, 0.15) is 41.5 Å². The highest BCUT2D eigenvalue weighted by Crippen LogP contribution is 2.17. The van der Waals surface area contributed by atoms with Crippen molar-refractivity contribution in [2.45, 2.75) is 58.7 Å². The van der Waals surface area contributed by atoms with Crippen LogP contribution >= 0.6 is 0 Å². The van der Waals surface area contributed by atoms with Crippen LogP contribution in [-0.2, 0) is 4.74 Å². The quantitative estimate of drug-likeness (QED) is 0.709. The maximum absolute atomic E-state index is 5.38. The van der Waals surface area contributed by atoms with Crippen LogP contribution in [0.25, 0.3) is 0 Å². The van der Waals surface area contributed by atoms with Gasteiger partial charge in [0.05, 0.1) is 6.61 Å². The molecule has 0 saturated heterocycles. The summed E-state index contributed by atoms with van der Waals surface area (Å²) in [6.07, 6.45) is 1.96. The molecule has 108 valence electrons. The van der Waals surface area contributed by atoms with Crippen molar-refractivity contribution >= 4 is 0 Å². The summed E-state index contributed by atoms with van der Waals surface area (Å²) in [6.45, 7) is 19.6. The molecule has 0 aliphatic heterocycles. The molecule has 0 aromatic heterocycles. The van der Waals surface area contributed by atoms with Crippen LogP contribution < -0.4 is 5.32 Å². The van der Waals surface area contributed by atoms with Crippen LogP contribution in [0.4, 0.5) is 0 Å². The first kappa shape index (κ1) is 17.6. The number of ether oxygens (including phenoxy) is 1. The van der Waals surface area contributed by atoms with Gasteiger partial charge in [0.1, 0.15) is 0 Å². The zero-order valence-corrected chi connectivity index (χ0v) is 13.3. The number of rotatable bonds is 7. The van der Waals surface area contributed by atoms with Crippen molar-refractivity contribution in [3.8, 4) is 0 Å². The van der Waals surface area contributed by atoms with Crippen molar-refractivity contribution < 1.29 is 4.74 Å². The third-order valence-corrected chi connectivity index (χ3v) is 2.86. The van der Waals surface area contributed by atoms with Crippen LogP contribution in [0.15, 0.2) is 12.7 Å². The van der Waals surface area contributed by atoms with Crippen molar-refractivity contribution in [1.82, 2.24) is 10.2 Å². The number of nitrogens with zero attached hydrogens (tertiary/aromatic N) is 1. The van der Waals surface area contributed by atoms with Crippen LogP contribution in [0, 0.1) is 0 Å². The lowest BCUT2D eigenvalue weighted by Crippen LogP contribution is -2.55. The fraction of sp³-hybridized carbons (Fsp3) is 0.867. The van der Waals surface area contributed by atoms with Crippen molar-refractivity contribution in [2.24, 2.45) is 0 Å². The molecule has 0 aromatic rings. The van der Waals surface area contributed by atoms with E-state index in [2.05, 4.69) is 58.3 Å². The molecule has 1 N–H and O–H groups in total. The van der Waals surface area contributed by atoms with Gasteiger partial charge in [0.25, 0.3) is 0 Å². The lowest BCUT2D eigenvalue weighted by molar-refractivity contribution is 0.0371. The maximum atomic E-state index is 5.38. The molecule has 0 radical (unpaired) electrons. The molecule has 0 fully saturated rings. The van der Waals surface area contributed by atoms with Crippen LogP contribution in [0.2, 0.25) is 0 Å². The summed E-state index contributed by atoms with van der Waals surface area (Å²) < 4.78 is 5.38. The molecule has 1 atom stereocenters. The highest BCUT2D eigenvalue weighted by molar-refractivity contribution is 4.90. The normalized spacial score (nSPS) is 14.9. The average Bonchev–Trinajstić information content (AvgIpc) is 2.18. The second-order valence-corrected chi connectivity index (χ2v) is 6.85. The van der Waals surface area contributed by atoms with Crippen molar-refractivity contribution in [3.63, 3.8) is 0 Å². The Kier molecular flexibility index (Phi) is 7.11. The van der Waals surface area contributed by atoms with Gasteiger partial charge in [-0.2, -0.15) is 0 Å². The summed E-state index contributed by atoms with van der Waals surface area (Å²) >= 11 is 0. The zero-order chi connectivity index (χ0) is 14.4. The highest BCUT2D eigenvalue weighted by atomic mass is 16.5. The van der Waals surface area contributed by atoms with E-state index in [4.69, 9.17) is 4.74 Å². The predicted octanol–water partition coefficient (Wildman–Crippen LogP) is 2.68. The zero-order valence-electron chi connectivity index (χ0n) is 13.3. The second-order valence-electron chi connectivity index (χ2n) is 6.85. The van der Waals surface area contributed by atoms with Gasteiger partial charge in [0.2, 0.25) is 0 Å². The fourth-order valence-corrected chi connectivity index (χ4v) is 1.99. The molecule has 0 aliphatic carbocycles. The van der Waals surface area contributed by atoms with Gasteiger partial charge < -0.3 is 10.1 Å². The molecule has 0 saturated carbocycles. The summed E-state index contributed by atoms with van der Waals surface area (Å²) in [5.74, 6) is 0. The first-order chi connectivity index (χ1) is 8.11. The van der Waals surface area contributed by atoms with E-state index >= 15 is 0 Å². The SMILES string of the molecule is C=CCN(C(CNC(C)(C)C)COC)C(C)(C)C. The Labute approximate surface area is 114 Å². The Balaban J connectivity index is 4.75. The number of nitrogens with one attached hydrogen (secondary N) is 1. The topological polar surface area (TPSA) is 24.5 Å². The summed E-state index contributed by atoms with van der Waals surface area (Å²) in [7, 11) is 1.76. The van der Waals surface area contributed by atoms with Gasteiger partial charge in [0.15, 0.2) is 0 Å². The van der Waals surface area contributed by atoms with Gasteiger partial charge in [-0.25, -0.2) is 0 Å². The average molecular weight is 256 g/mol. The molecule has 0 aromatic carbocycles. The second kappa shape index (κ2) is 7.27. The molecule has 0 heterocycles. The lowest BCUT2D eigenvalue weighted by atomic mass is 10.0. The molecule has 0 amide bonds. The van der Waals surface area contributed by atoms with E-state index < -0.39 is 0 Å². The maximum Gasteiger partial charge on any atom is 0.0630 e. The lowest BCUT2D eigenvalue weighted by Gasteiger charge is -2.42. The summed E-state index contributed by atoms with van der Waals surface area (Å²) in [4.78, 5) is 2.43. The van der Waals surface area contributed by atoms with Gasteiger partial charge in [-0.15, -0.1) is 6.58 Å². The number of hydrogen-bond donors (Lipinski definition) is 1. The molecular weight excluding hydrogens is 224 g/mol. The first-order valence-electron chi connectivity index (χ1n) is 6.73. The summed E-state index contributed by atoms with van der Waals surface area (Å²) in [5, 5.41) is 3.56. The first-order valence-corrected chi connectivity index (χ1v) is 6.73. The highest BCUT2D eigenvalue weighted by Gasteiger charge is 2.28. The van der Waals surface area contributed by atoms with Crippen LogP contribution in [-0.4, -0.2) is 48.8 Å². The molecule has 0 bridgehead atoms. The number of methoxy groups -OCH3 is 1. The standard InChI is InChI=1S/C15H32N2O/c1-9-10-17(15(5,6)7)13(12-18-8)11-16-14(2,3)4/h9,13,16H,1,10-12H2,2-8H3. The van der Waals surface area contributed by atoms with Gasteiger partial charge in [-0.3, -0.25) is 4.90 Å². The van der Waals surface area contributed by atoms with Crippen LogP contribution in [0.3, 0.4) is 0 Å². The Morgan fingerprint density at radius 1 is 1.22 bits per heavy atom. The van der Waals surface area contributed by atoms with E-state index in [1.807, 2.05) is 6.08 Å². The molecule has 1 unspecified atom stereocenters. The van der Waals surface area contributed by atoms with E-state index in [-0.39, 0.29) is 11.1 Å². The minimum absolute atomic E-state index is 0.108. The van der Waals surface area contributed by atoms with Gasteiger partial charge in [-0.05, 0) is 41.5 Å². The van der Waals surface area contributed by atoms with Crippen molar-refractivity contribution in [3.05, 3.63) is 12.7 Å². The Morgan fingerprint density at radius 2 is 1.78 bits per heavy atom. The Hall–Kier alpha value is -0.380. The van der Waals surface area contributed by atoms with Gasteiger partial charge in [0, 0.05) is 37.3 Å². The van der Waals surface area contributed by atoms with E-state index in [1.165, 1.54) is 0 Å². The molecule has 18 heavy (non-hydrogen) atoms. The molecule has 0 aliphatic rings. The Bertz CT molecular complexity index is 238. The molecule has 3 nitrogen and oxygen atoms in total. The molecule has 0 rings (SSSR count). The summed E-state index contributed by atoms with van der Waals surface area (Å²) in [6, 6.07) is 0.354. The molecule has 0 spiro atoms. The minimum atomic E-state index is 0.108. The predicted molar refractivity (Wildman–Crippen MR) is 80.1 cm³/mol. The summed E-state index contributed by atoms with van der Waals surface area (Å²) in [5.41, 5.74) is 0.237. The Morgan fingerprint density at radius 3 is 2.11 bits per heavy atom. The van der Waals surface area contributed by atoms with E-state index in [0.29, 0.717) is 6.04 Å². The molecular formula is C15H32N2O. The van der Waals surface area contributed by atoms with Gasteiger partial charge in [-0.1, -0.05) is 6.08 Å². The third-order valence-electron chi connectivity index (χ3n) is 2.86. The van der Waals surface area contributed by atoms with Gasteiger partial charge >= 0.3 is 0 Å². The van der Waals surface area contributed by atoms with E-state index in [1.54, 1.807) is 7.11 Å². The number of hydrogen-bond acceptors (Lipinski definition) is 3. The smallest absolute Gasteiger partial charge is 0.0630 e. The largest absolute Gasteiger partial charge is 0.383 e. The van der Waals surface area contributed by atoms with Crippen molar-refractivity contribution in [2.75, 3.05) is 26.8 Å².